The van der Waals surface area contributed by atoms with Crippen molar-refractivity contribution in [3.8, 4) is 0 Å². The second kappa shape index (κ2) is 7.23. The Morgan fingerprint density at radius 3 is 2.45 bits per heavy atom. The van der Waals surface area contributed by atoms with Crippen molar-refractivity contribution < 1.29 is 14.4 Å². The minimum absolute atomic E-state index is 0.192. The molecule has 0 spiro atoms. The minimum Gasteiger partial charge on any atom is -0.368 e. The van der Waals surface area contributed by atoms with E-state index in [2.05, 4.69) is 5.32 Å². The van der Waals surface area contributed by atoms with Gasteiger partial charge in [-0.2, -0.15) is 0 Å². The van der Waals surface area contributed by atoms with E-state index in [1.807, 2.05) is 18.7 Å². The predicted molar refractivity (Wildman–Crippen MR) is 74.4 cm³/mol. The number of nitrogens with one attached hydrogen (secondary N) is 1. The molecule has 0 saturated carbocycles. The van der Waals surface area contributed by atoms with Crippen LogP contribution in [0.2, 0.25) is 0 Å². The lowest BCUT2D eigenvalue weighted by atomic mass is 10.0. The second-order valence-corrected chi connectivity index (χ2v) is 5.63. The maximum atomic E-state index is 12.2. The van der Waals surface area contributed by atoms with E-state index in [0.29, 0.717) is 19.4 Å². The number of hydrogen-bond acceptors (Lipinski definition) is 4. The zero-order valence-electron chi connectivity index (χ0n) is 12.1. The summed E-state index contributed by atoms with van der Waals surface area (Å²) < 4.78 is 0. The number of likely N-dealkylation sites (tertiary alicyclic amines) is 1. The van der Waals surface area contributed by atoms with Gasteiger partial charge in [-0.1, -0.05) is 13.8 Å². The Labute approximate surface area is 119 Å². The first-order valence-electron chi connectivity index (χ1n) is 6.94. The van der Waals surface area contributed by atoms with Gasteiger partial charge in [-0.05, 0) is 31.7 Å². The van der Waals surface area contributed by atoms with Gasteiger partial charge in [0.25, 0.3) is 0 Å². The van der Waals surface area contributed by atoms with Crippen LogP contribution >= 0.6 is 0 Å². The molecule has 20 heavy (non-hydrogen) atoms. The summed E-state index contributed by atoms with van der Waals surface area (Å²) in [5.74, 6) is -0.979. The molecule has 0 aromatic rings. The molecule has 1 rings (SSSR count). The fraction of sp³-hybridized carbons (Fsp3) is 0.769. The van der Waals surface area contributed by atoms with Crippen molar-refractivity contribution in [3.05, 3.63) is 0 Å². The van der Waals surface area contributed by atoms with Gasteiger partial charge in [0.2, 0.25) is 17.7 Å². The molecule has 0 aliphatic carbocycles. The summed E-state index contributed by atoms with van der Waals surface area (Å²) in [5, 5.41) is 2.52. The number of primary amides is 2. The Balaban J connectivity index is 2.79. The van der Waals surface area contributed by atoms with Gasteiger partial charge >= 0.3 is 0 Å². The fourth-order valence-corrected chi connectivity index (χ4v) is 2.60. The maximum Gasteiger partial charge on any atom is 0.237 e. The van der Waals surface area contributed by atoms with Crippen molar-refractivity contribution in [1.82, 2.24) is 10.2 Å². The van der Waals surface area contributed by atoms with Gasteiger partial charge in [-0.15, -0.1) is 0 Å². The van der Waals surface area contributed by atoms with Crippen LogP contribution < -0.4 is 16.8 Å². The summed E-state index contributed by atoms with van der Waals surface area (Å²) >= 11 is 0. The normalized spacial score (nSPS) is 20.9. The standard InChI is InChI=1S/C13H24N4O3/c1-8(2)6-10(13(20)16-7-11(14)18)17-5-3-4-9(17)12(15)19/h8-10H,3-7H2,1-2H3,(H2,14,18)(H2,15,19)(H,16,20)/t9?,10-/m0/s1. The van der Waals surface area contributed by atoms with Crippen LogP contribution in [-0.4, -0.2) is 47.8 Å². The molecule has 1 heterocycles. The van der Waals surface area contributed by atoms with Crippen LogP contribution in [0.25, 0.3) is 0 Å². The van der Waals surface area contributed by atoms with E-state index in [4.69, 9.17) is 11.5 Å². The van der Waals surface area contributed by atoms with Crippen LogP contribution in [0.1, 0.15) is 33.1 Å². The molecule has 1 saturated heterocycles. The quantitative estimate of drug-likeness (QED) is 0.553. The van der Waals surface area contributed by atoms with E-state index in [1.54, 1.807) is 0 Å². The Kier molecular flexibility index (Phi) is 5.94. The molecule has 0 aromatic carbocycles. The predicted octanol–water partition coefficient (Wildman–Crippen LogP) is -1.05. The van der Waals surface area contributed by atoms with Crippen LogP contribution in [0.15, 0.2) is 0 Å². The van der Waals surface area contributed by atoms with Gasteiger partial charge < -0.3 is 16.8 Å². The molecule has 7 nitrogen and oxygen atoms in total. The number of hydrogen-bond donors (Lipinski definition) is 3. The summed E-state index contributed by atoms with van der Waals surface area (Å²) in [6.45, 7) is 4.48. The minimum atomic E-state index is -0.588. The van der Waals surface area contributed by atoms with Gasteiger partial charge in [0, 0.05) is 0 Å². The third-order valence-corrected chi connectivity index (χ3v) is 3.46. The number of carbonyl (C=O) groups is 3. The van der Waals surface area contributed by atoms with Gasteiger partial charge in [0.15, 0.2) is 0 Å². The van der Waals surface area contributed by atoms with E-state index in [0.717, 1.165) is 6.42 Å². The number of carbonyl (C=O) groups excluding carboxylic acids is 3. The average molecular weight is 284 g/mol. The molecule has 3 amide bonds. The van der Waals surface area contributed by atoms with Crippen molar-refractivity contribution >= 4 is 17.7 Å². The summed E-state index contributed by atoms with van der Waals surface area (Å²) in [7, 11) is 0. The summed E-state index contributed by atoms with van der Waals surface area (Å²) in [6, 6.07) is -0.854. The molecule has 0 radical (unpaired) electrons. The zero-order chi connectivity index (χ0) is 15.3. The monoisotopic (exact) mass is 284 g/mol. The van der Waals surface area contributed by atoms with Crippen molar-refractivity contribution in [2.24, 2.45) is 17.4 Å². The van der Waals surface area contributed by atoms with Crippen LogP contribution in [-0.2, 0) is 14.4 Å². The van der Waals surface area contributed by atoms with E-state index in [1.165, 1.54) is 0 Å². The maximum absolute atomic E-state index is 12.2. The van der Waals surface area contributed by atoms with Gasteiger partial charge in [0.05, 0.1) is 18.6 Å². The molecular formula is C13H24N4O3. The highest BCUT2D eigenvalue weighted by molar-refractivity contribution is 5.88. The highest BCUT2D eigenvalue weighted by Crippen LogP contribution is 2.23. The zero-order valence-corrected chi connectivity index (χ0v) is 12.1. The fourth-order valence-electron chi connectivity index (χ4n) is 2.60. The number of rotatable bonds is 7. The van der Waals surface area contributed by atoms with Crippen LogP contribution in [0.3, 0.4) is 0 Å². The molecule has 1 fully saturated rings. The SMILES string of the molecule is CC(C)C[C@@H](C(=O)NCC(N)=O)N1CCCC1C(N)=O. The smallest absolute Gasteiger partial charge is 0.237 e. The summed E-state index contributed by atoms with van der Waals surface area (Å²) in [4.78, 5) is 36.3. The molecule has 7 heteroatoms. The van der Waals surface area contributed by atoms with Gasteiger partial charge in [-0.3, -0.25) is 19.3 Å². The van der Waals surface area contributed by atoms with E-state index < -0.39 is 23.9 Å². The largest absolute Gasteiger partial charge is 0.368 e. The van der Waals surface area contributed by atoms with E-state index >= 15 is 0 Å². The highest BCUT2D eigenvalue weighted by atomic mass is 16.2. The molecular weight excluding hydrogens is 260 g/mol. The molecule has 2 atom stereocenters. The first-order chi connectivity index (χ1) is 9.32. The third kappa shape index (κ3) is 4.48. The number of nitrogens with zero attached hydrogens (tertiary/aromatic N) is 1. The van der Waals surface area contributed by atoms with Crippen molar-refractivity contribution in [2.75, 3.05) is 13.1 Å². The Hall–Kier alpha value is -1.63. The third-order valence-electron chi connectivity index (χ3n) is 3.46. The van der Waals surface area contributed by atoms with E-state index in [-0.39, 0.29) is 18.4 Å². The lowest BCUT2D eigenvalue weighted by Crippen LogP contribution is -2.53. The lowest BCUT2D eigenvalue weighted by Gasteiger charge is -2.31. The topological polar surface area (TPSA) is 119 Å². The van der Waals surface area contributed by atoms with Crippen LogP contribution in [0.5, 0.6) is 0 Å². The molecule has 114 valence electrons. The average Bonchev–Trinajstić information content (AvgIpc) is 2.81. The Morgan fingerprint density at radius 1 is 1.30 bits per heavy atom. The van der Waals surface area contributed by atoms with E-state index in [9.17, 15) is 14.4 Å². The molecule has 5 N–H and O–H groups in total. The van der Waals surface area contributed by atoms with Gasteiger partial charge in [0.1, 0.15) is 0 Å². The van der Waals surface area contributed by atoms with Crippen molar-refractivity contribution in [2.45, 2.75) is 45.2 Å². The Bertz CT molecular complexity index is 384. The number of amides is 3. The summed E-state index contributed by atoms with van der Waals surface area (Å²) in [5.41, 5.74) is 10.4. The highest BCUT2D eigenvalue weighted by Gasteiger charge is 2.37. The molecule has 1 aliphatic heterocycles. The van der Waals surface area contributed by atoms with Crippen molar-refractivity contribution in [1.29, 1.82) is 0 Å². The first kappa shape index (κ1) is 16.4. The molecule has 1 aliphatic rings. The molecule has 1 unspecified atom stereocenters. The number of nitrogens with two attached hydrogens (primary N) is 2. The summed E-state index contributed by atoms with van der Waals surface area (Å²) in [6.07, 6.45) is 2.12. The molecule has 0 aromatic heterocycles. The molecule has 0 bridgehead atoms. The Morgan fingerprint density at radius 2 is 1.95 bits per heavy atom. The van der Waals surface area contributed by atoms with Gasteiger partial charge in [-0.25, -0.2) is 0 Å². The first-order valence-corrected chi connectivity index (χ1v) is 6.94. The second-order valence-electron chi connectivity index (χ2n) is 5.63. The van der Waals surface area contributed by atoms with Crippen LogP contribution in [0, 0.1) is 5.92 Å². The lowest BCUT2D eigenvalue weighted by molar-refractivity contribution is -0.132. The van der Waals surface area contributed by atoms with Crippen LogP contribution in [0.4, 0.5) is 0 Å². The van der Waals surface area contributed by atoms with Crippen molar-refractivity contribution in [3.63, 3.8) is 0 Å².